The van der Waals surface area contributed by atoms with Crippen LogP contribution in [0.5, 0.6) is 0 Å². The lowest BCUT2D eigenvalue weighted by Gasteiger charge is -2.22. The highest BCUT2D eigenvalue weighted by Crippen LogP contribution is 2.17. The van der Waals surface area contributed by atoms with E-state index in [9.17, 15) is 0 Å². The molecule has 0 amide bonds. The van der Waals surface area contributed by atoms with E-state index < -0.39 is 0 Å². The predicted octanol–water partition coefficient (Wildman–Crippen LogP) is 1.36. The monoisotopic (exact) mass is 253 g/mol. The van der Waals surface area contributed by atoms with Crippen molar-refractivity contribution in [1.82, 2.24) is 25.4 Å². The zero-order chi connectivity index (χ0) is 12.3. The third-order valence-corrected chi connectivity index (χ3v) is 3.48. The number of thiocarbonyl (C=S) groups is 1. The second-order valence-electron chi connectivity index (χ2n) is 4.62. The molecular formula is C11H19N5S. The van der Waals surface area contributed by atoms with E-state index >= 15 is 0 Å². The van der Waals surface area contributed by atoms with Gasteiger partial charge in [-0.25, -0.2) is 4.98 Å². The topological polar surface area (TPSA) is 56.8 Å². The summed E-state index contributed by atoms with van der Waals surface area (Å²) in [7, 11) is 1.97. The van der Waals surface area contributed by atoms with Crippen molar-refractivity contribution in [2.24, 2.45) is 0 Å². The van der Waals surface area contributed by atoms with Crippen molar-refractivity contribution in [3.05, 3.63) is 11.6 Å². The Morgan fingerprint density at radius 3 is 2.82 bits per heavy atom. The van der Waals surface area contributed by atoms with E-state index in [0.29, 0.717) is 12.6 Å². The zero-order valence-electron chi connectivity index (χ0n) is 10.4. The van der Waals surface area contributed by atoms with Crippen molar-refractivity contribution in [2.45, 2.75) is 45.2 Å². The summed E-state index contributed by atoms with van der Waals surface area (Å²) in [4.78, 5) is 6.25. The first-order valence-corrected chi connectivity index (χ1v) is 6.45. The number of nitrogens with zero attached hydrogens (tertiary/aromatic N) is 3. The van der Waals surface area contributed by atoms with E-state index in [1.807, 2.05) is 18.9 Å². The molecule has 1 aromatic heterocycles. The first-order chi connectivity index (χ1) is 8.15. The third-order valence-electron chi connectivity index (χ3n) is 3.05. The van der Waals surface area contributed by atoms with Gasteiger partial charge in [-0.15, -0.1) is 0 Å². The van der Waals surface area contributed by atoms with Crippen molar-refractivity contribution in [3.63, 3.8) is 0 Å². The quantitative estimate of drug-likeness (QED) is 0.797. The SMILES string of the molecule is Cc1nc(CN(C)C(=S)NC2CCCC2)n[nH]1. The van der Waals surface area contributed by atoms with Crippen LogP contribution in [0.3, 0.4) is 0 Å². The number of nitrogens with one attached hydrogen (secondary N) is 2. The van der Waals surface area contributed by atoms with E-state index in [4.69, 9.17) is 12.2 Å². The summed E-state index contributed by atoms with van der Waals surface area (Å²) in [5.41, 5.74) is 0. The predicted molar refractivity (Wildman–Crippen MR) is 70.6 cm³/mol. The summed E-state index contributed by atoms with van der Waals surface area (Å²) in [6.07, 6.45) is 5.08. The number of aryl methyl sites for hydroxylation is 1. The molecule has 1 heterocycles. The number of hydrogen-bond acceptors (Lipinski definition) is 3. The van der Waals surface area contributed by atoms with Crippen LogP contribution in [-0.2, 0) is 6.54 Å². The van der Waals surface area contributed by atoms with E-state index in [1.54, 1.807) is 0 Å². The molecule has 6 heteroatoms. The average Bonchev–Trinajstić information content (AvgIpc) is 2.90. The largest absolute Gasteiger partial charge is 0.360 e. The minimum absolute atomic E-state index is 0.554. The molecule has 5 nitrogen and oxygen atoms in total. The molecule has 0 aliphatic heterocycles. The maximum Gasteiger partial charge on any atom is 0.169 e. The van der Waals surface area contributed by atoms with Gasteiger partial charge in [0.2, 0.25) is 0 Å². The Kier molecular flexibility index (Phi) is 3.93. The molecule has 17 heavy (non-hydrogen) atoms. The molecule has 0 bridgehead atoms. The van der Waals surface area contributed by atoms with Crippen molar-refractivity contribution < 1.29 is 0 Å². The molecule has 0 saturated heterocycles. The lowest BCUT2D eigenvalue weighted by molar-refractivity contribution is 0.459. The van der Waals surface area contributed by atoms with E-state index in [-0.39, 0.29) is 0 Å². The van der Waals surface area contributed by atoms with Gasteiger partial charge >= 0.3 is 0 Å². The van der Waals surface area contributed by atoms with Crippen LogP contribution >= 0.6 is 12.2 Å². The van der Waals surface area contributed by atoms with Crippen molar-refractivity contribution in [3.8, 4) is 0 Å². The second kappa shape index (κ2) is 5.44. The summed E-state index contributed by atoms with van der Waals surface area (Å²) < 4.78 is 0. The fourth-order valence-corrected chi connectivity index (χ4v) is 2.33. The first kappa shape index (κ1) is 12.3. The van der Waals surface area contributed by atoms with Gasteiger partial charge in [0.15, 0.2) is 10.9 Å². The van der Waals surface area contributed by atoms with Gasteiger partial charge in [0.05, 0.1) is 6.54 Å². The lowest BCUT2D eigenvalue weighted by Crippen LogP contribution is -2.41. The Bertz CT molecular complexity index is 383. The summed E-state index contributed by atoms with van der Waals surface area (Å²) in [6.45, 7) is 2.54. The molecule has 2 N–H and O–H groups in total. The highest BCUT2D eigenvalue weighted by Gasteiger charge is 2.17. The second-order valence-corrected chi connectivity index (χ2v) is 5.01. The van der Waals surface area contributed by atoms with Crippen LogP contribution < -0.4 is 5.32 Å². The minimum Gasteiger partial charge on any atom is -0.360 e. The molecule has 0 radical (unpaired) electrons. The summed E-state index contributed by atoms with van der Waals surface area (Å²) in [5, 5.41) is 11.1. The van der Waals surface area contributed by atoms with E-state index in [2.05, 4.69) is 20.5 Å². The average molecular weight is 253 g/mol. The van der Waals surface area contributed by atoms with Crippen LogP contribution in [0, 0.1) is 6.92 Å². The molecule has 1 fully saturated rings. The van der Waals surface area contributed by atoms with Crippen LogP contribution in [0.1, 0.15) is 37.3 Å². The molecule has 0 atom stereocenters. The maximum absolute atomic E-state index is 5.37. The van der Waals surface area contributed by atoms with Crippen molar-refractivity contribution in [1.29, 1.82) is 0 Å². The van der Waals surface area contributed by atoms with Gasteiger partial charge in [-0.2, -0.15) is 5.10 Å². The number of hydrogen-bond donors (Lipinski definition) is 2. The molecule has 1 aromatic rings. The highest BCUT2D eigenvalue weighted by atomic mass is 32.1. The van der Waals surface area contributed by atoms with Gasteiger partial charge in [0.25, 0.3) is 0 Å². The molecular weight excluding hydrogens is 234 g/mol. The minimum atomic E-state index is 0.554. The fraction of sp³-hybridized carbons (Fsp3) is 0.727. The number of rotatable bonds is 3. The van der Waals surface area contributed by atoms with Gasteiger partial charge in [0.1, 0.15) is 5.82 Å². The van der Waals surface area contributed by atoms with E-state index in [0.717, 1.165) is 16.8 Å². The standard InChI is InChI=1S/C11H19N5S/c1-8-12-10(15-14-8)7-16(2)11(17)13-9-5-3-4-6-9/h9H,3-7H2,1-2H3,(H,13,17)(H,12,14,15). The molecule has 0 spiro atoms. The molecule has 94 valence electrons. The van der Waals surface area contributed by atoms with Crippen molar-refractivity contribution >= 4 is 17.3 Å². The summed E-state index contributed by atoms with van der Waals surface area (Å²) in [6, 6.07) is 0.554. The maximum atomic E-state index is 5.37. The Balaban J connectivity index is 1.82. The van der Waals surface area contributed by atoms with Gasteiger partial charge < -0.3 is 10.2 Å². The van der Waals surface area contributed by atoms with Crippen LogP contribution in [0.25, 0.3) is 0 Å². The molecule has 0 aromatic carbocycles. The third kappa shape index (κ3) is 3.39. The van der Waals surface area contributed by atoms with Crippen LogP contribution in [0.2, 0.25) is 0 Å². The number of aromatic amines is 1. The molecule has 1 aliphatic carbocycles. The van der Waals surface area contributed by atoms with Gasteiger partial charge in [0, 0.05) is 13.1 Å². The smallest absolute Gasteiger partial charge is 0.169 e. The van der Waals surface area contributed by atoms with Crippen molar-refractivity contribution in [2.75, 3.05) is 7.05 Å². The molecule has 1 saturated carbocycles. The molecule has 2 rings (SSSR count). The summed E-state index contributed by atoms with van der Waals surface area (Å²) in [5.74, 6) is 1.61. The summed E-state index contributed by atoms with van der Waals surface area (Å²) >= 11 is 5.37. The highest BCUT2D eigenvalue weighted by molar-refractivity contribution is 7.80. The fourth-order valence-electron chi connectivity index (χ4n) is 2.10. The van der Waals surface area contributed by atoms with Gasteiger partial charge in [-0.05, 0) is 32.0 Å². The Labute approximate surface area is 107 Å². The van der Waals surface area contributed by atoms with E-state index in [1.165, 1.54) is 25.7 Å². The van der Waals surface area contributed by atoms with Crippen LogP contribution in [0.4, 0.5) is 0 Å². The molecule has 0 unspecified atom stereocenters. The Morgan fingerprint density at radius 1 is 1.53 bits per heavy atom. The van der Waals surface area contributed by atoms with Crippen LogP contribution in [0.15, 0.2) is 0 Å². The number of aromatic nitrogens is 3. The zero-order valence-corrected chi connectivity index (χ0v) is 11.2. The lowest BCUT2D eigenvalue weighted by atomic mass is 10.2. The van der Waals surface area contributed by atoms with Gasteiger partial charge in [-0.1, -0.05) is 12.8 Å². The molecule has 1 aliphatic rings. The number of H-pyrrole nitrogens is 1. The first-order valence-electron chi connectivity index (χ1n) is 6.04. The van der Waals surface area contributed by atoms with Crippen LogP contribution in [-0.4, -0.2) is 38.3 Å². The Morgan fingerprint density at radius 2 is 2.24 bits per heavy atom. The van der Waals surface area contributed by atoms with Gasteiger partial charge in [-0.3, -0.25) is 5.10 Å². The Hall–Kier alpha value is -1.17. The normalized spacial score (nSPS) is 16.1.